The van der Waals surface area contributed by atoms with Gasteiger partial charge in [0, 0.05) is 23.7 Å². The minimum absolute atomic E-state index is 0.0288. The Bertz CT molecular complexity index is 537. The highest BCUT2D eigenvalue weighted by Gasteiger charge is 2.11. The fraction of sp³-hybridized carbons (Fsp3) is 0.308. The summed E-state index contributed by atoms with van der Waals surface area (Å²) in [5, 5.41) is 4.73. The molecule has 0 radical (unpaired) electrons. The Hall–Kier alpha value is -1.52. The molecule has 0 aliphatic heterocycles. The van der Waals surface area contributed by atoms with E-state index in [2.05, 4.69) is 5.10 Å². The van der Waals surface area contributed by atoms with Crippen molar-refractivity contribution >= 4 is 11.6 Å². The number of hydrogen-bond donors (Lipinski definition) is 1. The van der Waals surface area contributed by atoms with Gasteiger partial charge in [0.25, 0.3) is 0 Å². The largest absolute Gasteiger partial charge is 0.454 e. The molecule has 2 aromatic rings. The fourth-order valence-electron chi connectivity index (χ4n) is 1.73. The van der Waals surface area contributed by atoms with Crippen LogP contribution in [0.2, 0.25) is 5.02 Å². The first-order valence-corrected chi connectivity index (χ1v) is 6.13. The van der Waals surface area contributed by atoms with Gasteiger partial charge in [-0.3, -0.25) is 4.68 Å². The van der Waals surface area contributed by atoms with Crippen molar-refractivity contribution in [1.82, 2.24) is 9.78 Å². The van der Waals surface area contributed by atoms with E-state index < -0.39 is 0 Å². The Morgan fingerprint density at radius 1 is 1.50 bits per heavy atom. The molecular formula is C13H16ClN3O. The van der Waals surface area contributed by atoms with Crippen LogP contribution in [0.4, 0.5) is 0 Å². The van der Waals surface area contributed by atoms with Crippen molar-refractivity contribution in [2.24, 2.45) is 12.8 Å². The number of aromatic nitrogens is 2. The number of hydrogen-bond acceptors (Lipinski definition) is 3. The molecule has 18 heavy (non-hydrogen) atoms. The predicted octanol–water partition coefficient (Wildman–Crippen LogP) is 2.76. The second-order valence-electron chi connectivity index (χ2n) is 4.35. The van der Waals surface area contributed by atoms with E-state index in [-0.39, 0.29) is 6.04 Å². The highest BCUT2D eigenvalue weighted by Crippen LogP contribution is 2.31. The maximum atomic E-state index is 6.19. The molecule has 5 heteroatoms. The molecule has 1 unspecified atom stereocenters. The topological polar surface area (TPSA) is 53.1 Å². The lowest BCUT2D eigenvalue weighted by molar-refractivity contribution is 0.473. The number of halogens is 1. The molecule has 0 aliphatic carbocycles. The molecule has 96 valence electrons. The van der Waals surface area contributed by atoms with E-state index in [0.717, 1.165) is 11.3 Å². The molecule has 4 nitrogen and oxygen atoms in total. The van der Waals surface area contributed by atoms with Gasteiger partial charge in [0.1, 0.15) is 5.75 Å². The van der Waals surface area contributed by atoms with Crippen molar-refractivity contribution in [2.45, 2.75) is 19.4 Å². The van der Waals surface area contributed by atoms with Gasteiger partial charge in [-0.15, -0.1) is 0 Å². The van der Waals surface area contributed by atoms with Gasteiger partial charge in [-0.2, -0.15) is 5.10 Å². The van der Waals surface area contributed by atoms with E-state index >= 15 is 0 Å². The summed E-state index contributed by atoms with van der Waals surface area (Å²) in [7, 11) is 1.84. The Morgan fingerprint density at radius 3 is 2.89 bits per heavy atom. The van der Waals surface area contributed by atoms with E-state index in [4.69, 9.17) is 22.1 Å². The van der Waals surface area contributed by atoms with E-state index in [0.29, 0.717) is 17.2 Å². The molecule has 0 aliphatic rings. The third-order valence-electron chi connectivity index (χ3n) is 2.51. The third kappa shape index (κ3) is 3.03. The van der Waals surface area contributed by atoms with Crippen LogP contribution in [0, 0.1) is 0 Å². The summed E-state index contributed by atoms with van der Waals surface area (Å²) in [6.07, 6.45) is 4.14. The Kier molecular flexibility index (Phi) is 3.89. The smallest absolute Gasteiger partial charge is 0.165 e. The molecule has 1 atom stereocenters. The minimum Gasteiger partial charge on any atom is -0.454 e. The van der Waals surface area contributed by atoms with Gasteiger partial charge in [-0.25, -0.2) is 0 Å². The minimum atomic E-state index is 0.0288. The average molecular weight is 266 g/mol. The van der Waals surface area contributed by atoms with Gasteiger partial charge in [0.05, 0.1) is 12.4 Å². The molecule has 0 amide bonds. The predicted molar refractivity (Wildman–Crippen MR) is 72.1 cm³/mol. The third-order valence-corrected chi connectivity index (χ3v) is 2.87. The lowest BCUT2D eigenvalue weighted by atomic mass is 10.1. The van der Waals surface area contributed by atoms with Gasteiger partial charge >= 0.3 is 0 Å². The molecule has 1 heterocycles. The van der Waals surface area contributed by atoms with E-state index in [1.165, 1.54) is 0 Å². The van der Waals surface area contributed by atoms with Crippen LogP contribution in [0.15, 0.2) is 30.6 Å². The molecule has 0 bridgehead atoms. The normalized spacial score (nSPS) is 12.4. The maximum absolute atomic E-state index is 6.19. The van der Waals surface area contributed by atoms with E-state index in [1.54, 1.807) is 17.1 Å². The van der Waals surface area contributed by atoms with Gasteiger partial charge in [-0.05, 0) is 25.5 Å². The second-order valence-corrected chi connectivity index (χ2v) is 4.76. The van der Waals surface area contributed by atoms with Gasteiger partial charge < -0.3 is 10.5 Å². The maximum Gasteiger partial charge on any atom is 0.165 e. The van der Waals surface area contributed by atoms with Crippen LogP contribution >= 0.6 is 11.6 Å². The number of aryl methyl sites for hydroxylation is 1. The molecule has 0 saturated carbocycles. The molecular weight excluding hydrogens is 250 g/mol. The summed E-state index contributed by atoms with van der Waals surface area (Å²) < 4.78 is 7.47. The van der Waals surface area contributed by atoms with Gasteiger partial charge in [-0.1, -0.05) is 17.7 Å². The fourth-order valence-corrected chi connectivity index (χ4v) is 1.98. The average Bonchev–Trinajstić information content (AvgIpc) is 2.69. The van der Waals surface area contributed by atoms with Crippen molar-refractivity contribution in [2.75, 3.05) is 0 Å². The molecule has 2 N–H and O–H groups in total. The lowest BCUT2D eigenvalue weighted by Gasteiger charge is -2.13. The van der Waals surface area contributed by atoms with Crippen LogP contribution < -0.4 is 10.5 Å². The van der Waals surface area contributed by atoms with E-state index in [9.17, 15) is 0 Å². The Labute approximate surface area is 111 Å². The van der Waals surface area contributed by atoms with Crippen LogP contribution in [0.5, 0.6) is 11.5 Å². The first-order chi connectivity index (χ1) is 8.56. The summed E-state index contributed by atoms with van der Waals surface area (Å²) in [6.45, 7) is 1.94. The first kappa shape index (κ1) is 12.9. The van der Waals surface area contributed by atoms with Crippen LogP contribution in [-0.2, 0) is 13.5 Å². The van der Waals surface area contributed by atoms with Crippen molar-refractivity contribution in [3.8, 4) is 11.5 Å². The number of nitrogens with two attached hydrogens (primary N) is 1. The quantitative estimate of drug-likeness (QED) is 0.925. The van der Waals surface area contributed by atoms with Crippen LogP contribution in [0.3, 0.4) is 0 Å². The Morgan fingerprint density at radius 2 is 2.28 bits per heavy atom. The molecule has 1 aromatic heterocycles. The summed E-state index contributed by atoms with van der Waals surface area (Å²) >= 11 is 6.19. The van der Waals surface area contributed by atoms with Crippen molar-refractivity contribution in [1.29, 1.82) is 0 Å². The number of benzene rings is 1. The van der Waals surface area contributed by atoms with E-state index in [1.807, 2.05) is 32.2 Å². The molecule has 0 saturated heterocycles. The molecule has 2 rings (SSSR count). The van der Waals surface area contributed by atoms with Crippen molar-refractivity contribution in [3.05, 3.63) is 41.2 Å². The second kappa shape index (κ2) is 5.42. The molecule has 1 aromatic carbocycles. The van der Waals surface area contributed by atoms with Crippen LogP contribution in [-0.4, -0.2) is 15.8 Å². The van der Waals surface area contributed by atoms with Crippen molar-refractivity contribution < 1.29 is 4.74 Å². The number of nitrogens with zero attached hydrogens (tertiary/aromatic N) is 2. The van der Waals surface area contributed by atoms with Crippen LogP contribution in [0.1, 0.15) is 12.5 Å². The Balaban J connectivity index is 2.29. The monoisotopic (exact) mass is 265 g/mol. The van der Waals surface area contributed by atoms with Crippen LogP contribution in [0.25, 0.3) is 0 Å². The highest BCUT2D eigenvalue weighted by molar-refractivity contribution is 6.31. The zero-order chi connectivity index (χ0) is 13.1. The summed E-state index contributed by atoms with van der Waals surface area (Å²) in [6, 6.07) is 5.62. The SMILES string of the molecule is CC(N)Cc1c(Cl)cccc1Oc1cnn(C)c1. The number of ether oxygens (including phenoxy) is 1. The summed E-state index contributed by atoms with van der Waals surface area (Å²) in [5.74, 6) is 1.42. The lowest BCUT2D eigenvalue weighted by Crippen LogP contribution is -2.18. The summed E-state index contributed by atoms with van der Waals surface area (Å²) in [4.78, 5) is 0. The zero-order valence-electron chi connectivity index (χ0n) is 10.4. The first-order valence-electron chi connectivity index (χ1n) is 5.75. The van der Waals surface area contributed by atoms with Gasteiger partial charge in [0.2, 0.25) is 0 Å². The summed E-state index contributed by atoms with van der Waals surface area (Å²) in [5.41, 5.74) is 6.76. The van der Waals surface area contributed by atoms with Gasteiger partial charge in [0.15, 0.2) is 5.75 Å². The highest BCUT2D eigenvalue weighted by atomic mass is 35.5. The standard InChI is InChI=1S/C13H16ClN3O/c1-9(15)6-11-12(14)4-3-5-13(11)18-10-7-16-17(2)8-10/h3-5,7-9H,6,15H2,1-2H3. The number of rotatable bonds is 4. The molecule has 0 spiro atoms. The molecule has 0 fully saturated rings. The zero-order valence-corrected chi connectivity index (χ0v) is 11.2. The van der Waals surface area contributed by atoms with Crippen molar-refractivity contribution in [3.63, 3.8) is 0 Å².